The minimum absolute atomic E-state index is 0.0265. The highest BCUT2D eigenvalue weighted by Crippen LogP contribution is 2.21. The van der Waals surface area contributed by atoms with Gasteiger partial charge in [0.25, 0.3) is 10.9 Å². The fourth-order valence-corrected chi connectivity index (χ4v) is 8.06. The van der Waals surface area contributed by atoms with E-state index in [0.29, 0.717) is 55.8 Å². The quantitative estimate of drug-likeness (QED) is 0.0378. The van der Waals surface area contributed by atoms with Crippen LogP contribution >= 0.6 is 0 Å². The molecule has 1 rings (SSSR count). The van der Waals surface area contributed by atoms with Crippen molar-refractivity contribution in [1.29, 1.82) is 0 Å². The summed E-state index contributed by atoms with van der Waals surface area (Å²) in [6.07, 6.45) is 33.6. The van der Waals surface area contributed by atoms with E-state index in [4.69, 9.17) is 9.47 Å². The van der Waals surface area contributed by atoms with E-state index in [-0.39, 0.29) is 11.9 Å². The predicted molar refractivity (Wildman–Crippen MR) is 246 cm³/mol. The van der Waals surface area contributed by atoms with Crippen molar-refractivity contribution < 1.29 is 19.1 Å². The first-order chi connectivity index (χ1) is 28.3. The first kappa shape index (κ1) is 53.6. The molecule has 1 aromatic carbocycles. The van der Waals surface area contributed by atoms with E-state index in [9.17, 15) is 19.2 Å². The Kier molecular flexibility index (Phi) is 34.7. The first-order valence-corrected chi connectivity index (χ1v) is 24.6. The lowest BCUT2D eigenvalue weighted by Gasteiger charge is -2.23. The Morgan fingerprint density at radius 3 is 1.48 bits per heavy atom. The molecule has 0 aliphatic heterocycles. The zero-order valence-electron chi connectivity index (χ0n) is 38.5. The SMILES string of the molecule is CCCCCCC(CCCCCC)COC(=O)CCCCCCCN(CCCCCCCC(=O)OCCC(CCCC)CCCC)CCCNc1c(NC)c(=O)c1=O. The summed E-state index contributed by atoms with van der Waals surface area (Å²) >= 11 is 0. The van der Waals surface area contributed by atoms with E-state index in [1.165, 1.54) is 103 Å². The Morgan fingerprint density at radius 1 is 0.500 bits per heavy atom. The normalized spacial score (nSPS) is 11.7. The van der Waals surface area contributed by atoms with Gasteiger partial charge in [-0.3, -0.25) is 19.2 Å². The van der Waals surface area contributed by atoms with Gasteiger partial charge >= 0.3 is 11.9 Å². The van der Waals surface area contributed by atoms with Crippen LogP contribution in [0.1, 0.15) is 220 Å². The van der Waals surface area contributed by atoms with Crippen molar-refractivity contribution in [1.82, 2.24) is 4.90 Å². The molecule has 0 spiro atoms. The summed E-state index contributed by atoms with van der Waals surface area (Å²) in [5.41, 5.74) is -0.0636. The number of nitrogens with one attached hydrogen (secondary N) is 2. The zero-order chi connectivity index (χ0) is 42.5. The molecule has 0 radical (unpaired) electrons. The van der Waals surface area contributed by atoms with Crippen LogP contribution in [0.15, 0.2) is 9.59 Å². The maximum Gasteiger partial charge on any atom is 0.305 e. The maximum atomic E-state index is 12.6. The number of rotatable bonds is 43. The third-order valence-corrected chi connectivity index (χ3v) is 12.0. The Morgan fingerprint density at radius 2 is 0.948 bits per heavy atom. The lowest BCUT2D eigenvalue weighted by atomic mass is 9.93. The summed E-state index contributed by atoms with van der Waals surface area (Å²) < 4.78 is 11.4. The van der Waals surface area contributed by atoms with E-state index < -0.39 is 10.9 Å². The molecule has 58 heavy (non-hydrogen) atoms. The number of ether oxygens (including phenoxy) is 2. The summed E-state index contributed by atoms with van der Waals surface area (Å²) in [4.78, 5) is 51.2. The maximum absolute atomic E-state index is 12.6. The molecule has 0 amide bonds. The number of carbonyl (C=O) groups excluding carboxylic acids is 2. The second-order valence-corrected chi connectivity index (χ2v) is 17.2. The van der Waals surface area contributed by atoms with Crippen LogP contribution in [0.3, 0.4) is 0 Å². The van der Waals surface area contributed by atoms with Crippen molar-refractivity contribution in [2.75, 3.05) is 57.1 Å². The van der Waals surface area contributed by atoms with Crippen LogP contribution in [0, 0.1) is 11.8 Å². The van der Waals surface area contributed by atoms with Gasteiger partial charge in [-0.1, -0.05) is 156 Å². The van der Waals surface area contributed by atoms with Crippen LogP contribution in [-0.2, 0) is 19.1 Å². The monoisotopic (exact) mass is 818 g/mol. The molecule has 338 valence electrons. The van der Waals surface area contributed by atoms with Crippen molar-refractivity contribution in [2.24, 2.45) is 11.8 Å². The largest absolute Gasteiger partial charge is 0.466 e. The van der Waals surface area contributed by atoms with Crippen LogP contribution in [0.5, 0.6) is 0 Å². The van der Waals surface area contributed by atoms with Gasteiger partial charge in [-0.2, -0.15) is 0 Å². The van der Waals surface area contributed by atoms with Gasteiger partial charge < -0.3 is 25.0 Å². The van der Waals surface area contributed by atoms with Gasteiger partial charge in [0, 0.05) is 26.4 Å². The number of anilines is 2. The third-order valence-electron chi connectivity index (χ3n) is 12.0. The Balaban J connectivity index is 2.36. The van der Waals surface area contributed by atoms with Gasteiger partial charge in [0.05, 0.1) is 13.2 Å². The van der Waals surface area contributed by atoms with Crippen molar-refractivity contribution in [3.63, 3.8) is 0 Å². The van der Waals surface area contributed by atoms with Crippen LogP contribution in [0.25, 0.3) is 0 Å². The van der Waals surface area contributed by atoms with Gasteiger partial charge in [-0.15, -0.1) is 0 Å². The van der Waals surface area contributed by atoms with Crippen molar-refractivity contribution >= 4 is 23.3 Å². The molecule has 1 aromatic rings. The number of nitrogens with zero attached hydrogens (tertiary/aromatic N) is 1. The van der Waals surface area contributed by atoms with Gasteiger partial charge in [0.1, 0.15) is 11.4 Å². The molecule has 0 bridgehead atoms. The summed E-state index contributed by atoms with van der Waals surface area (Å²) in [7, 11) is 1.67. The van der Waals surface area contributed by atoms with Gasteiger partial charge in [0.2, 0.25) is 0 Å². The van der Waals surface area contributed by atoms with E-state index in [1.54, 1.807) is 7.05 Å². The Hall–Kier alpha value is -2.42. The highest BCUT2D eigenvalue weighted by molar-refractivity contribution is 5.73. The van der Waals surface area contributed by atoms with Crippen molar-refractivity contribution in [3.05, 3.63) is 20.4 Å². The third kappa shape index (κ3) is 27.4. The average Bonchev–Trinajstić information content (AvgIpc) is 3.22. The fraction of sp³-hybridized carbons (Fsp3) is 0.878. The second-order valence-electron chi connectivity index (χ2n) is 17.2. The number of carbonyl (C=O) groups is 2. The minimum atomic E-state index is -0.441. The molecular formula is C49H91N3O6. The molecule has 0 saturated carbocycles. The molecule has 0 unspecified atom stereocenters. The molecule has 2 N–H and O–H groups in total. The number of unbranched alkanes of at least 4 members (excludes halogenated alkanes) is 16. The summed E-state index contributed by atoms with van der Waals surface area (Å²) in [6, 6.07) is 0. The van der Waals surface area contributed by atoms with Crippen LogP contribution in [0.2, 0.25) is 0 Å². The Bertz CT molecular complexity index is 1180. The van der Waals surface area contributed by atoms with E-state index in [2.05, 4.69) is 43.2 Å². The summed E-state index contributed by atoms with van der Waals surface area (Å²) in [5, 5.41) is 6.01. The van der Waals surface area contributed by atoms with Crippen LogP contribution in [0.4, 0.5) is 11.4 Å². The number of esters is 2. The van der Waals surface area contributed by atoms with Crippen LogP contribution in [-0.4, -0.2) is 63.3 Å². The standard InChI is InChI=1S/C49H91N3O6/c1-6-10-14-22-31-43(32-23-15-11-7-2)41-58-45(54)34-25-19-17-21-27-38-52(39-28-36-51-47-46(50-5)48(55)49(47)56)37-26-20-16-18-24-33-44(53)57-40-35-42(29-12-8-3)30-13-9-4/h42-43,50-51H,6-41H2,1-5H3. The second kappa shape index (κ2) is 37.6. The Labute approximate surface area is 356 Å². The summed E-state index contributed by atoms with van der Waals surface area (Å²) in [6.45, 7) is 13.8. The molecule has 9 nitrogen and oxygen atoms in total. The molecule has 0 saturated heterocycles. The lowest BCUT2D eigenvalue weighted by Crippen LogP contribution is -2.37. The smallest absolute Gasteiger partial charge is 0.305 e. The molecule has 0 fully saturated rings. The molecule has 0 aliphatic carbocycles. The zero-order valence-corrected chi connectivity index (χ0v) is 38.5. The molecule has 0 atom stereocenters. The van der Waals surface area contributed by atoms with Gasteiger partial charge in [-0.05, 0) is 82.8 Å². The van der Waals surface area contributed by atoms with Gasteiger partial charge in [-0.25, -0.2) is 0 Å². The molecule has 0 aliphatic rings. The average molecular weight is 818 g/mol. The van der Waals surface area contributed by atoms with Gasteiger partial charge in [0.15, 0.2) is 0 Å². The topological polar surface area (TPSA) is 114 Å². The first-order valence-electron chi connectivity index (χ1n) is 24.6. The summed E-state index contributed by atoms with van der Waals surface area (Å²) in [5.74, 6) is 1.13. The highest BCUT2D eigenvalue weighted by atomic mass is 16.5. The van der Waals surface area contributed by atoms with E-state index in [1.807, 2.05) is 0 Å². The number of hydrogen-bond acceptors (Lipinski definition) is 9. The van der Waals surface area contributed by atoms with Crippen LogP contribution < -0.4 is 21.5 Å². The van der Waals surface area contributed by atoms with Crippen molar-refractivity contribution in [3.8, 4) is 0 Å². The molecule has 9 heteroatoms. The lowest BCUT2D eigenvalue weighted by molar-refractivity contribution is -0.145. The minimum Gasteiger partial charge on any atom is -0.466 e. The fourth-order valence-electron chi connectivity index (χ4n) is 8.06. The number of hydrogen-bond donors (Lipinski definition) is 2. The molecular weight excluding hydrogens is 727 g/mol. The predicted octanol–water partition coefficient (Wildman–Crippen LogP) is 12.1. The van der Waals surface area contributed by atoms with E-state index in [0.717, 1.165) is 96.7 Å². The molecule has 0 aromatic heterocycles. The van der Waals surface area contributed by atoms with E-state index >= 15 is 0 Å². The highest BCUT2D eigenvalue weighted by Gasteiger charge is 2.19. The molecule has 0 heterocycles. The van der Waals surface area contributed by atoms with Crippen molar-refractivity contribution in [2.45, 2.75) is 220 Å².